The summed E-state index contributed by atoms with van der Waals surface area (Å²) in [6, 6.07) is 10.8. The number of carboxylic acids is 1. The molecule has 27 heavy (non-hydrogen) atoms. The number of nitrogens with two attached hydrogens (primary N) is 1. The molecular weight excluding hydrogens is 360 g/mol. The van der Waals surface area contributed by atoms with E-state index in [0.717, 1.165) is 12.1 Å². The third-order valence-electron chi connectivity index (χ3n) is 3.31. The maximum Gasteiger partial charge on any atom is 0.340 e. The number of carboxylic acid groups (broad SMARTS) is 1. The Kier molecular flexibility index (Phi) is 6.05. The van der Waals surface area contributed by atoms with Gasteiger partial charge >= 0.3 is 23.6 Å². The number of hydrogen-bond donors (Lipinski definition) is 2. The zero-order valence-electron chi connectivity index (χ0n) is 13.8. The standard InChI is InChI=1S/C17H14N2O8/c18-15-11(17(23)26-9-10-4-2-1-3-5-10)6-7-12(16(15)19(24)25)27-14(22)8-13(20)21/h1-7H,8-9,18H2,(H,20,21). The van der Waals surface area contributed by atoms with Gasteiger partial charge in [-0.15, -0.1) is 0 Å². The van der Waals surface area contributed by atoms with Gasteiger partial charge in [-0.25, -0.2) is 4.79 Å². The highest BCUT2D eigenvalue weighted by Gasteiger charge is 2.28. The SMILES string of the molecule is Nc1c(C(=O)OCc2ccccc2)ccc(OC(=O)CC(=O)O)c1[N+](=O)[O-]. The van der Waals surface area contributed by atoms with Gasteiger partial charge in [0.1, 0.15) is 18.7 Å². The molecule has 0 saturated heterocycles. The molecule has 0 unspecified atom stereocenters. The van der Waals surface area contributed by atoms with Gasteiger partial charge in [0.15, 0.2) is 0 Å². The van der Waals surface area contributed by atoms with Crippen LogP contribution in [0.5, 0.6) is 5.75 Å². The van der Waals surface area contributed by atoms with Gasteiger partial charge in [-0.3, -0.25) is 19.7 Å². The Bertz CT molecular complexity index is 895. The number of carbonyl (C=O) groups is 3. The van der Waals surface area contributed by atoms with Crippen molar-refractivity contribution in [2.24, 2.45) is 0 Å². The van der Waals surface area contributed by atoms with Crippen molar-refractivity contribution < 1.29 is 33.9 Å². The summed E-state index contributed by atoms with van der Waals surface area (Å²) in [7, 11) is 0. The smallest absolute Gasteiger partial charge is 0.340 e. The first-order valence-electron chi connectivity index (χ1n) is 7.50. The molecule has 0 bridgehead atoms. The molecule has 0 aromatic heterocycles. The van der Waals surface area contributed by atoms with E-state index in [2.05, 4.69) is 4.74 Å². The van der Waals surface area contributed by atoms with Crippen LogP contribution in [0.1, 0.15) is 22.3 Å². The van der Waals surface area contributed by atoms with Crippen molar-refractivity contribution in [3.63, 3.8) is 0 Å². The van der Waals surface area contributed by atoms with Gasteiger partial charge in [0.25, 0.3) is 0 Å². The average molecular weight is 374 g/mol. The van der Waals surface area contributed by atoms with Crippen LogP contribution in [0.4, 0.5) is 11.4 Å². The van der Waals surface area contributed by atoms with Crippen LogP contribution in [0.2, 0.25) is 0 Å². The number of hydrogen-bond acceptors (Lipinski definition) is 8. The van der Waals surface area contributed by atoms with Gasteiger partial charge in [0.2, 0.25) is 5.75 Å². The summed E-state index contributed by atoms with van der Waals surface area (Å²) < 4.78 is 9.75. The highest BCUT2D eigenvalue weighted by Crippen LogP contribution is 2.36. The molecule has 0 amide bonds. The number of carbonyl (C=O) groups excluding carboxylic acids is 2. The Labute approximate surface area is 152 Å². The van der Waals surface area contributed by atoms with E-state index in [-0.39, 0.29) is 12.2 Å². The molecule has 10 nitrogen and oxygen atoms in total. The number of nitrogens with zero attached hydrogens (tertiary/aromatic N) is 1. The van der Waals surface area contributed by atoms with Gasteiger partial charge in [-0.2, -0.15) is 0 Å². The minimum Gasteiger partial charge on any atom is -0.481 e. The summed E-state index contributed by atoms with van der Waals surface area (Å²) in [5.74, 6) is -4.15. The maximum atomic E-state index is 12.2. The molecule has 3 N–H and O–H groups in total. The second-order valence-corrected chi connectivity index (χ2v) is 5.24. The quantitative estimate of drug-likeness (QED) is 0.184. The van der Waals surface area contributed by atoms with Crippen LogP contribution in [0.3, 0.4) is 0 Å². The molecule has 0 fully saturated rings. The molecule has 0 saturated carbocycles. The largest absolute Gasteiger partial charge is 0.481 e. The number of anilines is 1. The second kappa shape index (κ2) is 8.43. The summed E-state index contributed by atoms with van der Waals surface area (Å²) in [4.78, 5) is 44.4. The lowest BCUT2D eigenvalue weighted by atomic mass is 10.1. The molecule has 0 spiro atoms. The van der Waals surface area contributed by atoms with Gasteiger partial charge in [0.05, 0.1) is 10.5 Å². The number of nitrogen functional groups attached to an aromatic ring is 1. The highest BCUT2D eigenvalue weighted by molar-refractivity contribution is 5.99. The first-order chi connectivity index (χ1) is 12.8. The van der Waals surface area contributed by atoms with E-state index < -0.39 is 46.4 Å². The zero-order valence-corrected chi connectivity index (χ0v) is 13.8. The highest BCUT2D eigenvalue weighted by atomic mass is 16.6. The minimum absolute atomic E-state index is 0.0672. The number of benzene rings is 2. The molecule has 10 heteroatoms. The molecule has 140 valence electrons. The fourth-order valence-electron chi connectivity index (χ4n) is 2.12. The molecule has 0 heterocycles. The van der Waals surface area contributed by atoms with E-state index in [1.54, 1.807) is 30.3 Å². The molecular formula is C17H14N2O8. The topological polar surface area (TPSA) is 159 Å². The molecule has 0 radical (unpaired) electrons. The summed E-state index contributed by atoms with van der Waals surface area (Å²) in [6.45, 7) is -0.0672. The van der Waals surface area contributed by atoms with Crippen molar-refractivity contribution in [1.82, 2.24) is 0 Å². The van der Waals surface area contributed by atoms with E-state index in [1.807, 2.05) is 0 Å². The fourth-order valence-corrected chi connectivity index (χ4v) is 2.12. The number of rotatable bonds is 7. The Hall–Kier alpha value is -3.95. The Morgan fingerprint density at radius 1 is 1.11 bits per heavy atom. The van der Waals surface area contributed by atoms with Crippen LogP contribution in [-0.2, 0) is 20.9 Å². The zero-order chi connectivity index (χ0) is 20.0. The van der Waals surface area contributed by atoms with E-state index in [4.69, 9.17) is 15.6 Å². The maximum absolute atomic E-state index is 12.2. The third kappa shape index (κ3) is 5.01. The Balaban J connectivity index is 2.24. The van der Waals surface area contributed by atoms with Crippen LogP contribution < -0.4 is 10.5 Å². The van der Waals surface area contributed by atoms with Crippen LogP contribution in [0.15, 0.2) is 42.5 Å². The predicted octanol–water partition coefficient (Wildman–Crippen LogP) is 1.91. The molecule has 2 aromatic rings. The molecule has 0 aliphatic rings. The van der Waals surface area contributed by atoms with Crippen LogP contribution in [0.25, 0.3) is 0 Å². The summed E-state index contributed by atoms with van der Waals surface area (Å²) in [5, 5.41) is 19.8. The van der Waals surface area contributed by atoms with Gasteiger partial charge in [0, 0.05) is 0 Å². The molecule has 2 aromatic carbocycles. The van der Waals surface area contributed by atoms with E-state index >= 15 is 0 Å². The monoisotopic (exact) mass is 374 g/mol. The van der Waals surface area contributed by atoms with E-state index in [9.17, 15) is 24.5 Å². The lowest BCUT2D eigenvalue weighted by Crippen LogP contribution is -2.15. The normalized spacial score (nSPS) is 10.1. The first-order valence-corrected chi connectivity index (χ1v) is 7.50. The summed E-state index contributed by atoms with van der Waals surface area (Å²) in [6.07, 6.45) is -0.988. The van der Waals surface area contributed by atoms with Crippen molar-refractivity contribution >= 4 is 29.3 Å². The predicted molar refractivity (Wildman–Crippen MR) is 91.0 cm³/mol. The van der Waals surface area contributed by atoms with Gasteiger partial charge in [-0.05, 0) is 17.7 Å². The van der Waals surface area contributed by atoms with Gasteiger partial charge in [-0.1, -0.05) is 30.3 Å². The second-order valence-electron chi connectivity index (χ2n) is 5.24. The first kappa shape index (κ1) is 19.4. The number of aliphatic carboxylic acids is 1. The van der Waals surface area contributed by atoms with E-state index in [0.29, 0.717) is 5.56 Å². The summed E-state index contributed by atoms with van der Waals surface area (Å²) in [5.41, 5.74) is 4.72. The number of esters is 2. The minimum atomic E-state index is -1.46. The van der Waals surface area contributed by atoms with Crippen molar-refractivity contribution in [2.75, 3.05) is 5.73 Å². The number of nitro benzene ring substituents is 1. The Morgan fingerprint density at radius 2 is 1.78 bits per heavy atom. The number of nitro groups is 1. The third-order valence-corrected chi connectivity index (χ3v) is 3.31. The Morgan fingerprint density at radius 3 is 2.37 bits per heavy atom. The van der Waals surface area contributed by atoms with E-state index in [1.165, 1.54) is 0 Å². The number of ether oxygens (including phenoxy) is 2. The molecule has 0 atom stereocenters. The van der Waals surface area contributed by atoms with Crippen molar-refractivity contribution in [3.05, 3.63) is 63.7 Å². The van der Waals surface area contributed by atoms with Crippen molar-refractivity contribution in [1.29, 1.82) is 0 Å². The lowest BCUT2D eigenvalue weighted by Gasteiger charge is -2.10. The lowest BCUT2D eigenvalue weighted by molar-refractivity contribution is -0.384. The summed E-state index contributed by atoms with van der Waals surface area (Å²) >= 11 is 0. The average Bonchev–Trinajstić information content (AvgIpc) is 2.59. The fraction of sp³-hybridized carbons (Fsp3) is 0.118. The molecule has 0 aliphatic carbocycles. The molecule has 0 aliphatic heterocycles. The van der Waals surface area contributed by atoms with Crippen LogP contribution in [-0.4, -0.2) is 27.9 Å². The van der Waals surface area contributed by atoms with Crippen LogP contribution >= 0.6 is 0 Å². The molecule has 2 rings (SSSR count). The van der Waals surface area contributed by atoms with Gasteiger partial charge < -0.3 is 20.3 Å². The van der Waals surface area contributed by atoms with Crippen LogP contribution in [0, 0.1) is 10.1 Å². The van der Waals surface area contributed by atoms with Crippen molar-refractivity contribution in [3.8, 4) is 5.75 Å². The van der Waals surface area contributed by atoms with Crippen molar-refractivity contribution in [2.45, 2.75) is 13.0 Å².